The molecule has 1 aromatic rings. The highest BCUT2D eigenvalue weighted by Crippen LogP contribution is 2.40. The number of nitrogens with one attached hydrogen (secondary N) is 1. The summed E-state index contributed by atoms with van der Waals surface area (Å²) in [7, 11) is 0. The molecule has 2 heterocycles. The summed E-state index contributed by atoms with van der Waals surface area (Å²) in [6.07, 6.45) is 1.40. The van der Waals surface area contributed by atoms with Gasteiger partial charge in [-0.1, -0.05) is 6.92 Å². The molecular weight excluding hydrogens is 220 g/mol. The van der Waals surface area contributed by atoms with Crippen molar-refractivity contribution in [2.24, 2.45) is 11.8 Å². The van der Waals surface area contributed by atoms with E-state index < -0.39 is 0 Å². The van der Waals surface area contributed by atoms with Crippen LogP contribution in [-0.4, -0.2) is 23.9 Å². The van der Waals surface area contributed by atoms with Crippen molar-refractivity contribution in [3.8, 4) is 0 Å². The molecule has 1 N–H and O–H groups in total. The van der Waals surface area contributed by atoms with E-state index in [-0.39, 0.29) is 12.1 Å². The van der Waals surface area contributed by atoms with Crippen LogP contribution in [0.1, 0.15) is 25.1 Å². The molecule has 1 amide bonds. The Hall–Kier alpha value is -0.870. The van der Waals surface area contributed by atoms with E-state index in [1.54, 1.807) is 11.3 Å². The lowest BCUT2D eigenvalue weighted by molar-refractivity contribution is -0.128. The minimum atomic E-state index is 0.117. The average Bonchev–Trinajstić information content (AvgIpc) is 2.73. The Kier molecular flexibility index (Phi) is 2.48. The van der Waals surface area contributed by atoms with Crippen LogP contribution in [0.4, 0.5) is 0 Å². The van der Waals surface area contributed by atoms with Crippen molar-refractivity contribution in [2.45, 2.75) is 19.5 Å². The van der Waals surface area contributed by atoms with Gasteiger partial charge in [-0.25, -0.2) is 0 Å². The molecule has 1 aromatic heterocycles. The molecule has 1 aliphatic carbocycles. The summed E-state index contributed by atoms with van der Waals surface area (Å²) in [6, 6.07) is 2.10. The minimum Gasteiger partial charge on any atom is -0.321 e. The Bertz CT molecular complexity index is 390. The lowest BCUT2D eigenvalue weighted by atomic mass is 10.2. The number of hydrogen-bond acceptors (Lipinski definition) is 3. The molecule has 3 nitrogen and oxygen atoms in total. The van der Waals surface area contributed by atoms with Gasteiger partial charge in [-0.05, 0) is 40.6 Å². The third-order valence-corrected chi connectivity index (χ3v) is 4.35. The second-order valence-electron chi connectivity index (χ2n) is 4.86. The van der Waals surface area contributed by atoms with E-state index in [4.69, 9.17) is 0 Å². The lowest BCUT2D eigenvalue weighted by Gasteiger charge is -2.23. The Morgan fingerprint density at radius 2 is 2.44 bits per heavy atom. The molecular formula is C12H16N2OS. The summed E-state index contributed by atoms with van der Waals surface area (Å²) in [5.41, 5.74) is 1.23. The summed E-state index contributed by atoms with van der Waals surface area (Å²) in [5.74, 6) is 1.77. The summed E-state index contributed by atoms with van der Waals surface area (Å²) in [5, 5.41) is 7.48. The fraction of sp³-hybridized carbons (Fsp3) is 0.583. The maximum absolute atomic E-state index is 11.8. The zero-order valence-electron chi connectivity index (χ0n) is 9.35. The molecule has 0 radical (unpaired) electrons. The van der Waals surface area contributed by atoms with Gasteiger partial charge in [-0.2, -0.15) is 11.3 Å². The van der Waals surface area contributed by atoms with Gasteiger partial charge in [0.05, 0.1) is 6.54 Å². The van der Waals surface area contributed by atoms with Crippen molar-refractivity contribution in [1.29, 1.82) is 0 Å². The molecule has 86 valence electrons. The van der Waals surface area contributed by atoms with Gasteiger partial charge >= 0.3 is 0 Å². The van der Waals surface area contributed by atoms with Crippen LogP contribution in [0.15, 0.2) is 16.8 Å². The molecule has 1 aliphatic heterocycles. The first-order valence-corrected chi connectivity index (χ1v) is 6.75. The molecule has 1 saturated heterocycles. The van der Waals surface area contributed by atoms with Gasteiger partial charge in [0.2, 0.25) is 5.91 Å². The van der Waals surface area contributed by atoms with Crippen molar-refractivity contribution < 1.29 is 4.79 Å². The van der Waals surface area contributed by atoms with E-state index in [1.807, 2.05) is 4.90 Å². The molecule has 3 unspecified atom stereocenters. The number of carbonyl (C=O) groups is 1. The fourth-order valence-corrected chi connectivity index (χ4v) is 3.06. The Balaban J connectivity index is 1.75. The SMILES string of the molecule is CC1CC1CN1C(=O)CNC1c1ccsc1. The first-order valence-electron chi connectivity index (χ1n) is 5.80. The maximum atomic E-state index is 11.8. The monoisotopic (exact) mass is 236 g/mol. The van der Waals surface area contributed by atoms with Gasteiger partial charge in [0, 0.05) is 6.54 Å². The van der Waals surface area contributed by atoms with Gasteiger partial charge in [-0.3, -0.25) is 10.1 Å². The van der Waals surface area contributed by atoms with Crippen LogP contribution >= 0.6 is 11.3 Å². The van der Waals surface area contributed by atoms with E-state index >= 15 is 0 Å². The standard InChI is InChI=1S/C12H16N2OS/c1-8-4-10(8)6-14-11(15)5-13-12(14)9-2-3-16-7-9/h2-3,7-8,10,12-13H,4-6H2,1H3. The second kappa shape index (κ2) is 3.86. The number of amides is 1. The van der Waals surface area contributed by atoms with Gasteiger partial charge in [-0.15, -0.1) is 0 Å². The van der Waals surface area contributed by atoms with Crippen molar-refractivity contribution in [2.75, 3.05) is 13.1 Å². The van der Waals surface area contributed by atoms with Crippen LogP contribution in [0, 0.1) is 11.8 Å². The zero-order chi connectivity index (χ0) is 11.1. The topological polar surface area (TPSA) is 32.3 Å². The quantitative estimate of drug-likeness (QED) is 0.868. The predicted molar refractivity (Wildman–Crippen MR) is 64.0 cm³/mol. The van der Waals surface area contributed by atoms with Crippen molar-refractivity contribution in [3.05, 3.63) is 22.4 Å². The molecule has 4 heteroatoms. The first kappa shape index (κ1) is 10.3. The maximum Gasteiger partial charge on any atom is 0.238 e. The van der Waals surface area contributed by atoms with Crippen LogP contribution < -0.4 is 5.32 Å². The van der Waals surface area contributed by atoms with E-state index in [9.17, 15) is 4.79 Å². The highest BCUT2D eigenvalue weighted by molar-refractivity contribution is 7.07. The van der Waals surface area contributed by atoms with E-state index in [0.717, 1.165) is 18.4 Å². The van der Waals surface area contributed by atoms with Crippen LogP contribution in [0.5, 0.6) is 0 Å². The largest absolute Gasteiger partial charge is 0.321 e. The predicted octanol–water partition coefficient (Wildman–Crippen LogP) is 1.83. The fourth-order valence-electron chi connectivity index (χ4n) is 2.38. The number of hydrogen-bond donors (Lipinski definition) is 1. The van der Waals surface area contributed by atoms with Crippen molar-refractivity contribution >= 4 is 17.2 Å². The Morgan fingerprint density at radius 3 is 3.06 bits per heavy atom. The van der Waals surface area contributed by atoms with Crippen LogP contribution in [0.2, 0.25) is 0 Å². The van der Waals surface area contributed by atoms with Crippen molar-refractivity contribution in [3.63, 3.8) is 0 Å². The number of carbonyl (C=O) groups excluding carboxylic acids is 1. The molecule has 0 bridgehead atoms. The highest BCUT2D eigenvalue weighted by atomic mass is 32.1. The van der Waals surface area contributed by atoms with Gasteiger partial charge in [0.1, 0.15) is 6.17 Å². The van der Waals surface area contributed by atoms with Gasteiger partial charge in [0.25, 0.3) is 0 Å². The van der Waals surface area contributed by atoms with E-state index in [1.165, 1.54) is 12.0 Å². The summed E-state index contributed by atoms with van der Waals surface area (Å²) in [6.45, 7) is 3.67. The number of thiophene rings is 1. The molecule has 2 fully saturated rings. The lowest BCUT2D eigenvalue weighted by Crippen LogP contribution is -2.32. The normalized spacial score (nSPS) is 33.4. The van der Waals surface area contributed by atoms with E-state index in [0.29, 0.717) is 6.54 Å². The highest BCUT2D eigenvalue weighted by Gasteiger charge is 2.39. The summed E-state index contributed by atoms with van der Waals surface area (Å²) < 4.78 is 0. The molecule has 16 heavy (non-hydrogen) atoms. The second-order valence-corrected chi connectivity index (χ2v) is 5.64. The zero-order valence-corrected chi connectivity index (χ0v) is 10.2. The van der Waals surface area contributed by atoms with Crippen LogP contribution in [0.25, 0.3) is 0 Å². The summed E-state index contributed by atoms with van der Waals surface area (Å²) >= 11 is 1.69. The van der Waals surface area contributed by atoms with Gasteiger partial charge in [0.15, 0.2) is 0 Å². The molecule has 2 aliphatic rings. The number of rotatable bonds is 3. The third-order valence-electron chi connectivity index (χ3n) is 3.64. The van der Waals surface area contributed by atoms with Crippen LogP contribution in [0.3, 0.4) is 0 Å². The molecule has 1 saturated carbocycles. The van der Waals surface area contributed by atoms with Crippen LogP contribution in [-0.2, 0) is 4.79 Å². The van der Waals surface area contributed by atoms with E-state index in [2.05, 4.69) is 29.1 Å². The average molecular weight is 236 g/mol. The van der Waals surface area contributed by atoms with Crippen molar-refractivity contribution in [1.82, 2.24) is 10.2 Å². The van der Waals surface area contributed by atoms with Gasteiger partial charge < -0.3 is 4.90 Å². The molecule has 0 spiro atoms. The molecule has 3 rings (SSSR count). The first-order chi connectivity index (χ1) is 7.75. The number of nitrogens with zero attached hydrogens (tertiary/aromatic N) is 1. The molecule has 3 atom stereocenters. The molecule has 0 aromatic carbocycles. The Morgan fingerprint density at radius 1 is 1.62 bits per heavy atom. The summed E-state index contributed by atoms with van der Waals surface area (Å²) in [4.78, 5) is 13.8. The Labute approximate surface area is 99.5 Å². The third kappa shape index (κ3) is 1.76. The minimum absolute atomic E-state index is 0.117. The smallest absolute Gasteiger partial charge is 0.238 e.